The van der Waals surface area contributed by atoms with Crippen LogP contribution in [0.3, 0.4) is 0 Å². The average molecular weight is 622 g/mol. The topological polar surface area (TPSA) is 125 Å². The highest BCUT2D eigenvalue weighted by atomic mass is 16.6. The molecule has 10 heteroatoms. The van der Waals surface area contributed by atoms with Crippen molar-refractivity contribution in [3.8, 4) is 0 Å². The van der Waals surface area contributed by atoms with E-state index in [-0.39, 0.29) is 30.7 Å². The van der Waals surface area contributed by atoms with Crippen molar-refractivity contribution in [1.29, 1.82) is 0 Å². The smallest absolute Gasteiger partial charge is 0.313 e. The molecule has 244 valence electrons. The quantitative estimate of drug-likeness (QED) is 0.233. The molecule has 0 saturated carbocycles. The lowest BCUT2D eigenvalue weighted by atomic mass is 9.74. The van der Waals surface area contributed by atoms with E-state index in [1.54, 1.807) is 15.9 Å². The number of aliphatic hydroxyl groups is 1. The first-order valence-corrected chi connectivity index (χ1v) is 16.6. The van der Waals surface area contributed by atoms with Crippen LogP contribution in [0.5, 0.6) is 0 Å². The minimum Gasteiger partial charge on any atom is -0.455 e. The largest absolute Gasteiger partial charge is 0.455 e. The summed E-state index contributed by atoms with van der Waals surface area (Å²) in [6.45, 7) is 5.17. The molecule has 3 amide bonds. The fourth-order valence-corrected chi connectivity index (χ4v) is 7.29. The van der Waals surface area contributed by atoms with E-state index in [1.807, 2.05) is 55.5 Å². The van der Waals surface area contributed by atoms with Gasteiger partial charge >= 0.3 is 5.97 Å². The summed E-state index contributed by atoms with van der Waals surface area (Å²) in [6, 6.07) is 7.82. The number of likely N-dealkylation sites (tertiary alicyclic amines) is 1. The van der Waals surface area contributed by atoms with Gasteiger partial charge in [0, 0.05) is 32.7 Å². The molecule has 1 aromatic carbocycles. The van der Waals surface area contributed by atoms with E-state index in [1.165, 1.54) is 0 Å². The van der Waals surface area contributed by atoms with Gasteiger partial charge in [0.15, 0.2) is 0 Å². The minimum absolute atomic E-state index is 0.0588. The van der Waals surface area contributed by atoms with E-state index >= 15 is 0 Å². The van der Waals surface area contributed by atoms with Crippen LogP contribution in [0.4, 0.5) is 0 Å². The highest BCUT2D eigenvalue weighted by molar-refractivity contribution is 5.99. The molecule has 5 bridgehead atoms. The van der Waals surface area contributed by atoms with Crippen molar-refractivity contribution in [1.82, 2.24) is 15.1 Å². The molecule has 45 heavy (non-hydrogen) atoms. The summed E-state index contributed by atoms with van der Waals surface area (Å²) in [7, 11) is 0. The second-order valence-electron chi connectivity index (χ2n) is 12.6. The van der Waals surface area contributed by atoms with Crippen molar-refractivity contribution >= 4 is 23.7 Å². The second-order valence-corrected chi connectivity index (χ2v) is 12.6. The first kappa shape index (κ1) is 32.9. The normalized spacial score (nSPS) is 32.5. The molecule has 2 fully saturated rings. The Bertz CT molecular complexity index is 1280. The number of carbonyl (C=O) groups excluding carboxylic acids is 4. The average Bonchev–Trinajstić information content (AvgIpc) is 3.68. The first-order chi connectivity index (χ1) is 21.8. The van der Waals surface area contributed by atoms with E-state index in [2.05, 4.69) is 12.2 Å². The summed E-state index contributed by atoms with van der Waals surface area (Å²) in [5, 5.41) is 12.3. The van der Waals surface area contributed by atoms with Crippen LogP contribution in [0.25, 0.3) is 0 Å². The van der Waals surface area contributed by atoms with Crippen LogP contribution in [0.2, 0.25) is 0 Å². The summed E-state index contributed by atoms with van der Waals surface area (Å²) in [5.74, 6) is -3.07. The number of ether oxygens (including phenoxy) is 2. The number of aliphatic hydroxyl groups excluding tert-OH is 1. The number of fused-ring (bicyclic) bond motifs is 2. The second kappa shape index (κ2) is 14.7. The Hall–Kier alpha value is -3.50. The van der Waals surface area contributed by atoms with Crippen LogP contribution in [0.1, 0.15) is 76.9 Å². The van der Waals surface area contributed by atoms with Gasteiger partial charge in [-0.15, -0.1) is 0 Å². The van der Waals surface area contributed by atoms with E-state index in [0.717, 1.165) is 24.8 Å². The number of nitrogens with zero attached hydrogens (tertiary/aromatic N) is 2. The number of hydrogen-bond acceptors (Lipinski definition) is 7. The Balaban J connectivity index is 1.53. The van der Waals surface area contributed by atoms with Crippen LogP contribution in [-0.2, 0) is 28.7 Å². The van der Waals surface area contributed by atoms with Gasteiger partial charge in [-0.1, -0.05) is 74.4 Å². The van der Waals surface area contributed by atoms with Gasteiger partial charge in [-0.3, -0.25) is 19.2 Å². The van der Waals surface area contributed by atoms with Gasteiger partial charge in [0.05, 0.1) is 18.1 Å². The van der Waals surface area contributed by atoms with Gasteiger partial charge < -0.3 is 29.7 Å². The predicted molar refractivity (Wildman–Crippen MR) is 168 cm³/mol. The Morgan fingerprint density at radius 1 is 0.978 bits per heavy atom. The fourth-order valence-electron chi connectivity index (χ4n) is 7.29. The van der Waals surface area contributed by atoms with Crippen molar-refractivity contribution < 1.29 is 33.8 Å². The van der Waals surface area contributed by atoms with Gasteiger partial charge in [0.25, 0.3) is 0 Å². The number of rotatable bonds is 10. The maximum Gasteiger partial charge on any atom is 0.313 e. The summed E-state index contributed by atoms with van der Waals surface area (Å²) >= 11 is 0. The number of hydrogen-bond donors (Lipinski definition) is 2. The monoisotopic (exact) mass is 621 g/mol. The third-order valence-corrected chi connectivity index (χ3v) is 9.52. The summed E-state index contributed by atoms with van der Waals surface area (Å²) in [4.78, 5) is 59.3. The van der Waals surface area contributed by atoms with Crippen molar-refractivity contribution in [3.05, 3.63) is 60.2 Å². The minimum atomic E-state index is -1.28. The zero-order valence-electron chi connectivity index (χ0n) is 26.4. The van der Waals surface area contributed by atoms with Gasteiger partial charge in [0.1, 0.15) is 23.7 Å². The number of benzene rings is 1. The van der Waals surface area contributed by atoms with Crippen LogP contribution in [0.15, 0.2) is 54.6 Å². The lowest BCUT2D eigenvalue weighted by Gasteiger charge is -2.36. The molecule has 10 nitrogen and oxygen atoms in total. The Morgan fingerprint density at radius 3 is 2.51 bits per heavy atom. The molecular formula is C35H47N3O7. The highest BCUT2D eigenvalue weighted by Crippen LogP contribution is 2.56. The molecule has 0 radical (unpaired) electrons. The maximum absolute atomic E-state index is 14.5. The number of nitrogens with one attached hydrogen (secondary N) is 1. The molecule has 0 unspecified atom stereocenters. The van der Waals surface area contributed by atoms with Gasteiger partial charge in [-0.05, 0) is 44.6 Å². The Morgan fingerprint density at radius 2 is 1.76 bits per heavy atom. The molecule has 1 aromatic rings. The summed E-state index contributed by atoms with van der Waals surface area (Å²) < 4.78 is 12.7. The van der Waals surface area contributed by atoms with Crippen LogP contribution in [0, 0.1) is 11.8 Å². The molecule has 7 atom stereocenters. The SMILES string of the molecule is CCCCCN1C/C=C\CCC(=O)N[C@@H](C)[C@H](c2ccccc2)OC(=O)[C@@H]2[C@H]3C(=O)N(CCCCCO)[C@H](C1=O)[C@]31C=C[C@H]2O1. The number of cyclic esters (lactones) is 1. The Labute approximate surface area is 265 Å². The van der Waals surface area contributed by atoms with Crippen molar-refractivity contribution in [2.45, 2.75) is 95.1 Å². The van der Waals surface area contributed by atoms with E-state index in [9.17, 15) is 24.3 Å². The number of amides is 3. The zero-order valence-corrected chi connectivity index (χ0v) is 26.4. The van der Waals surface area contributed by atoms with Gasteiger partial charge in [0.2, 0.25) is 17.7 Å². The van der Waals surface area contributed by atoms with E-state index < -0.39 is 47.7 Å². The third-order valence-electron chi connectivity index (χ3n) is 9.52. The van der Waals surface area contributed by atoms with Crippen molar-refractivity contribution in [2.75, 3.05) is 26.2 Å². The van der Waals surface area contributed by atoms with Gasteiger partial charge in [-0.25, -0.2) is 0 Å². The van der Waals surface area contributed by atoms with E-state index in [4.69, 9.17) is 9.47 Å². The van der Waals surface area contributed by atoms with Crippen LogP contribution >= 0.6 is 0 Å². The molecule has 4 heterocycles. The lowest BCUT2D eigenvalue weighted by Crippen LogP contribution is -2.56. The number of esters is 1. The molecule has 0 aromatic heterocycles. The first-order valence-electron chi connectivity index (χ1n) is 16.6. The van der Waals surface area contributed by atoms with Crippen LogP contribution < -0.4 is 5.32 Å². The molecule has 4 aliphatic rings. The molecule has 0 aliphatic carbocycles. The van der Waals surface area contributed by atoms with Crippen molar-refractivity contribution in [2.24, 2.45) is 11.8 Å². The fraction of sp³-hybridized carbons (Fsp3) is 0.600. The summed E-state index contributed by atoms with van der Waals surface area (Å²) in [6.07, 6.45) is 11.4. The molecule has 2 saturated heterocycles. The lowest BCUT2D eigenvalue weighted by molar-refractivity contribution is -0.161. The number of unbranched alkanes of at least 4 members (excludes halogenated alkanes) is 4. The number of allylic oxidation sites excluding steroid dienone is 1. The van der Waals surface area contributed by atoms with E-state index in [0.29, 0.717) is 45.3 Å². The standard InChI is InChI=1S/C35H47N3O7/c1-3-4-11-20-37-21-12-6-10-17-27(40)36-24(2)30(25-15-8-5-9-16-25)44-34(43)28-26-18-19-35(45-26)29(28)32(41)38(31(35)33(37)42)22-13-7-14-23-39/h5-6,8-9,12,15-16,18-19,24,26,28-31,39H,3-4,7,10-11,13-14,17,20-23H2,1-2H3,(H,36,40)/b12-6-/t24-,26+,28-,29-,30+,31+,35-/m0/s1. The molecule has 4 aliphatic heterocycles. The zero-order chi connectivity index (χ0) is 32.0. The maximum atomic E-state index is 14.5. The summed E-state index contributed by atoms with van der Waals surface area (Å²) in [5.41, 5.74) is -0.549. The molecule has 2 N–H and O–H groups in total. The molecular weight excluding hydrogens is 574 g/mol. The molecule has 1 spiro atoms. The molecule has 5 rings (SSSR count). The van der Waals surface area contributed by atoms with Gasteiger partial charge in [-0.2, -0.15) is 0 Å². The highest BCUT2D eigenvalue weighted by Gasteiger charge is 2.73. The van der Waals surface area contributed by atoms with Crippen molar-refractivity contribution in [3.63, 3.8) is 0 Å². The predicted octanol–water partition coefficient (Wildman–Crippen LogP) is 3.46. The number of carbonyl (C=O) groups is 4. The van der Waals surface area contributed by atoms with Crippen LogP contribution in [-0.4, -0.2) is 88.6 Å². The third kappa shape index (κ3) is 6.72. The Kier molecular flexibility index (Phi) is 10.8.